The molecule has 0 bridgehead atoms. The predicted molar refractivity (Wildman–Crippen MR) is 99.1 cm³/mol. The van der Waals surface area contributed by atoms with Crippen LogP contribution in [0.1, 0.15) is 12.7 Å². The van der Waals surface area contributed by atoms with Gasteiger partial charge in [0.15, 0.2) is 0 Å². The standard InChI is InChI=1S/C19H22N4O2/c1-3-25-18-11-7-5-9-16(18)22-19(24)20-12-13-23-14(2)21-15-8-4-6-10-17(15)23/h4-11H,3,12-13H2,1-2H3,(H2,20,22,24). The molecular formula is C19H22N4O2. The molecule has 6 nitrogen and oxygen atoms in total. The lowest BCUT2D eigenvalue weighted by Gasteiger charge is -2.12. The number of fused-ring (bicyclic) bond motifs is 1. The first-order valence-electron chi connectivity index (χ1n) is 8.37. The molecular weight excluding hydrogens is 316 g/mol. The molecule has 0 radical (unpaired) electrons. The molecule has 25 heavy (non-hydrogen) atoms. The lowest BCUT2D eigenvalue weighted by molar-refractivity contribution is 0.251. The van der Waals surface area contributed by atoms with Crippen LogP contribution in [0.3, 0.4) is 0 Å². The monoisotopic (exact) mass is 338 g/mol. The Balaban J connectivity index is 1.59. The molecule has 2 N–H and O–H groups in total. The van der Waals surface area contributed by atoms with Gasteiger partial charge in [0, 0.05) is 13.1 Å². The maximum atomic E-state index is 12.1. The summed E-state index contributed by atoms with van der Waals surface area (Å²) in [6, 6.07) is 15.1. The third kappa shape index (κ3) is 3.91. The van der Waals surface area contributed by atoms with E-state index in [1.807, 2.05) is 62.4 Å². The Labute approximate surface area is 146 Å². The fraction of sp³-hybridized carbons (Fsp3) is 0.263. The van der Waals surface area contributed by atoms with Crippen molar-refractivity contribution < 1.29 is 9.53 Å². The van der Waals surface area contributed by atoms with Gasteiger partial charge in [0.05, 0.1) is 23.3 Å². The van der Waals surface area contributed by atoms with E-state index in [0.29, 0.717) is 31.1 Å². The number of anilines is 1. The summed E-state index contributed by atoms with van der Waals surface area (Å²) >= 11 is 0. The molecule has 3 rings (SSSR count). The number of benzene rings is 2. The Bertz CT molecular complexity index is 873. The van der Waals surface area contributed by atoms with E-state index < -0.39 is 0 Å². The second-order valence-corrected chi connectivity index (χ2v) is 5.61. The van der Waals surface area contributed by atoms with Gasteiger partial charge >= 0.3 is 6.03 Å². The van der Waals surface area contributed by atoms with Crippen LogP contribution in [-0.4, -0.2) is 28.7 Å². The van der Waals surface area contributed by atoms with Crippen molar-refractivity contribution in [3.63, 3.8) is 0 Å². The first-order valence-corrected chi connectivity index (χ1v) is 8.37. The van der Waals surface area contributed by atoms with Gasteiger partial charge < -0.3 is 19.9 Å². The largest absolute Gasteiger partial charge is 0.492 e. The molecule has 6 heteroatoms. The van der Waals surface area contributed by atoms with E-state index in [-0.39, 0.29) is 6.03 Å². The molecule has 1 aromatic heterocycles. The highest BCUT2D eigenvalue weighted by Crippen LogP contribution is 2.23. The molecule has 0 aliphatic carbocycles. The van der Waals surface area contributed by atoms with Crippen LogP contribution < -0.4 is 15.4 Å². The zero-order chi connectivity index (χ0) is 17.6. The zero-order valence-corrected chi connectivity index (χ0v) is 14.5. The van der Waals surface area contributed by atoms with E-state index in [9.17, 15) is 4.79 Å². The molecule has 0 atom stereocenters. The summed E-state index contributed by atoms with van der Waals surface area (Å²) in [5.41, 5.74) is 2.70. The molecule has 0 saturated heterocycles. The maximum absolute atomic E-state index is 12.1. The predicted octanol–water partition coefficient (Wildman–Crippen LogP) is 3.57. The number of rotatable bonds is 6. The number of hydrogen-bond acceptors (Lipinski definition) is 3. The molecule has 1 heterocycles. The molecule has 0 unspecified atom stereocenters. The second kappa shape index (κ2) is 7.70. The van der Waals surface area contributed by atoms with Gasteiger partial charge in [-0.3, -0.25) is 0 Å². The molecule has 3 aromatic rings. The van der Waals surface area contributed by atoms with Crippen molar-refractivity contribution in [2.45, 2.75) is 20.4 Å². The highest BCUT2D eigenvalue weighted by molar-refractivity contribution is 5.90. The Morgan fingerprint density at radius 3 is 2.76 bits per heavy atom. The number of hydrogen-bond donors (Lipinski definition) is 2. The zero-order valence-electron chi connectivity index (χ0n) is 14.5. The van der Waals surface area contributed by atoms with E-state index in [2.05, 4.69) is 20.2 Å². The fourth-order valence-electron chi connectivity index (χ4n) is 2.78. The van der Waals surface area contributed by atoms with Crippen molar-refractivity contribution in [2.75, 3.05) is 18.5 Å². The average molecular weight is 338 g/mol. The normalized spacial score (nSPS) is 10.6. The average Bonchev–Trinajstić information content (AvgIpc) is 2.93. The summed E-state index contributed by atoms with van der Waals surface area (Å²) in [5, 5.41) is 5.70. The summed E-state index contributed by atoms with van der Waals surface area (Å²) < 4.78 is 7.61. The SMILES string of the molecule is CCOc1ccccc1NC(=O)NCCn1c(C)nc2ccccc21. The third-order valence-electron chi connectivity index (χ3n) is 3.90. The summed E-state index contributed by atoms with van der Waals surface area (Å²) in [6.07, 6.45) is 0. The van der Waals surface area contributed by atoms with Crippen molar-refractivity contribution in [1.29, 1.82) is 0 Å². The minimum absolute atomic E-state index is 0.255. The van der Waals surface area contributed by atoms with Crippen LogP contribution in [0, 0.1) is 6.92 Å². The summed E-state index contributed by atoms with van der Waals surface area (Å²) in [4.78, 5) is 16.7. The summed E-state index contributed by atoms with van der Waals surface area (Å²) in [5.74, 6) is 1.60. The van der Waals surface area contributed by atoms with Crippen LogP contribution in [0.15, 0.2) is 48.5 Å². The van der Waals surface area contributed by atoms with E-state index >= 15 is 0 Å². The fourth-order valence-corrected chi connectivity index (χ4v) is 2.78. The van der Waals surface area contributed by atoms with Gasteiger partial charge in [-0.2, -0.15) is 0 Å². The first kappa shape index (κ1) is 16.8. The van der Waals surface area contributed by atoms with Gasteiger partial charge in [-0.15, -0.1) is 0 Å². The van der Waals surface area contributed by atoms with Crippen LogP contribution >= 0.6 is 0 Å². The van der Waals surface area contributed by atoms with Crippen molar-refractivity contribution in [3.8, 4) is 5.75 Å². The molecule has 2 aromatic carbocycles. The third-order valence-corrected chi connectivity index (χ3v) is 3.90. The number of imidazole rings is 1. The van der Waals surface area contributed by atoms with Crippen molar-refractivity contribution >= 4 is 22.8 Å². The van der Waals surface area contributed by atoms with Crippen molar-refractivity contribution in [1.82, 2.24) is 14.9 Å². The van der Waals surface area contributed by atoms with Crippen LogP contribution in [0.2, 0.25) is 0 Å². The lowest BCUT2D eigenvalue weighted by Crippen LogP contribution is -2.31. The molecule has 0 fully saturated rings. The van der Waals surface area contributed by atoms with Crippen LogP contribution in [-0.2, 0) is 6.54 Å². The van der Waals surface area contributed by atoms with Crippen molar-refractivity contribution in [2.24, 2.45) is 0 Å². The van der Waals surface area contributed by atoms with Gasteiger partial charge in [-0.25, -0.2) is 9.78 Å². The van der Waals surface area contributed by atoms with Gasteiger partial charge in [0.1, 0.15) is 11.6 Å². The highest BCUT2D eigenvalue weighted by atomic mass is 16.5. The van der Waals surface area contributed by atoms with E-state index in [4.69, 9.17) is 4.74 Å². The van der Waals surface area contributed by atoms with E-state index in [0.717, 1.165) is 16.9 Å². The van der Waals surface area contributed by atoms with Crippen LogP contribution in [0.4, 0.5) is 10.5 Å². The Kier molecular flexibility index (Phi) is 5.18. The second-order valence-electron chi connectivity index (χ2n) is 5.61. The number of urea groups is 1. The maximum Gasteiger partial charge on any atom is 0.319 e. The topological polar surface area (TPSA) is 68.2 Å². The number of aromatic nitrogens is 2. The number of carbonyl (C=O) groups excluding carboxylic acids is 1. The molecule has 0 aliphatic heterocycles. The van der Waals surface area contributed by atoms with E-state index in [1.165, 1.54) is 0 Å². The smallest absolute Gasteiger partial charge is 0.319 e. The number of aryl methyl sites for hydroxylation is 1. The minimum Gasteiger partial charge on any atom is -0.492 e. The summed E-state index contributed by atoms with van der Waals surface area (Å²) in [7, 11) is 0. The number of carbonyl (C=O) groups is 1. The number of amides is 2. The molecule has 130 valence electrons. The lowest BCUT2D eigenvalue weighted by atomic mass is 10.3. The quantitative estimate of drug-likeness (QED) is 0.722. The van der Waals surface area contributed by atoms with Gasteiger partial charge in [-0.1, -0.05) is 24.3 Å². The minimum atomic E-state index is -0.255. The number of nitrogens with one attached hydrogen (secondary N) is 2. The Morgan fingerprint density at radius 1 is 1.16 bits per heavy atom. The van der Waals surface area contributed by atoms with Crippen LogP contribution in [0.5, 0.6) is 5.75 Å². The Hall–Kier alpha value is -3.02. The van der Waals surface area contributed by atoms with E-state index in [1.54, 1.807) is 0 Å². The number of para-hydroxylation sites is 4. The Morgan fingerprint density at radius 2 is 1.92 bits per heavy atom. The van der Waals surface area contributed by atoms with Gasteiger partial charge in [-0.05, 0) is 38.1 Å². The van der Waals surface area contributed by atoms with Crippen molar-refractivity contribution in [3.05, 3.63) is 54.4 Å². The van der Waals surface area contributed by atoms with Gasteiger partial charge in [0.2, 0.25) is 0 Å². The summed E-state index contributed by atoms with van der Waals surface area (Å²) in [6.45, 7) is 5.59. The number of nitrogens with zero attached hydrogens (tertiary/aromatic N) is 2. The molecule has 0 spiro atoms. The number of ether oxygens (including phenoxy) is 1. The molecule has 0 saturated carbocycles. The van der Waals surface area contributed by atoms with Crippen LogP contribution in [0.25, 0.3) is 11.0 Å². The molecule has 0 aliphatic rings. The highest BCUT2D eigenvalue weighted by Gasteiger charge is 2.09. The molecule has 2 amide bonds. The first-order chi connectivity index (χ1) is 12.2. The van der Waals surface area contributed by atoms with Gasteiger partial charge in [0.25, 0.3) is 0 Å².